The van der Waals surface area contributed by atoms with Gasteiger partial charge in [0, 0.05) is 6.04 Å². The molecular weight excluding hydrogens is 179 g/mol. The SMILES string of the molecule is CCNC(C)c1ccc(C#N)c(F)c1. The van der Waals surface area contributed by atoms with E-state index in [0.29, 0.717) is 0 Å². The number of benzene rings is 1. The first kappa shape index (κ1) is 10.7. The second-order valence-corrected chi connectivity index (χ2v) is 3.13. The Morgan fingerprint density at radius 1 is 1.57 bits per heavy atom. The molecule has 0 heterocycles. The summed E-state index contributed by atoms with van der Waals surface area (Å²) in [5.74, 6) is -0.449. The van der Waals surface area contributed by atoms with Crippen molar-refractivity contribution in [2.45, 2.75) is 19.9 Å². The summed E-state index contributed by atoms with van der Waals surface area (Å²) in [5.41, 5.74) is 0.959. The summed E-state index contributed by atoms with van der Waals surface area (Å²) in [6, 6.07) is 6.60. The first-order valence-electron chi connectivity index (χ1n) is 4.62. The fourth-order valence-electron chi connectivity index (χ4n) is 1.32. The van der Waals surface area contributed by atoms with Crippen molar-refractivity contribution in [1.29, 1.82) is 5.26 Å². The maximum Gasteiger partial charge on any atom is 0.141 e. The normalized spacial score (nSPS) is 12.1. The predicted octanol–water partition coefficient (Wildman–Crippen LogP) is 2.37. The van der Waals surface area contributed by atoms with Crippen LogP contribution in [0.15, 0.2) is 18.2 Å². The smallest absolute Gasteiger partial charge is 0.141 e. The average Bonchev–Trinajstić information content (AvgIpc) is 2.18. The molecule has 0 radical (unpaired) electrons. The van der Waals surface area contributed by atoms with Crippen molar-refractivity contribution in [2.24, 2.45) is 0 Å². The van der Waals surface area contributed by atoms with Crippen LogP contribution in [0.1, 0.15) is 31.0 Å². The molecule has 1 atom stereocenters. The highest BCUT2D eigenvalue weighted by molar-refractivity contribution is 5.34. The summed E-state index contributed by atoms with van der Waals surface area (Å²) >= 11 is 0. The molecule has 0 bridgehead atoms. The lowest BCUT2D eigenvalue weighted by Gasteiger charge is -2.12. The number of nitrogens with one attached hydrogen (secondary N) is 1. The first-order valence-corrected chi connectivity index (χ1v) is 4.62. The second kappa shape index (κ2) is 4.73. The van der Waals surface area contributed by atoms with Gasteiger partial charge in [0.05, 0.1) is 5.56 Å². The minimum Gasteiger partial charge on any atom is -0.310 e. The van der Waals surface area contributed by atoms with Gasteiger partial charge in [-0.1, -0.05) is 13.0 Å². The largest absolute Gasteiger partial charge is 0.310 e. The molecule has 0 aromatic heterocycles. The molecule has 1 aromatic carbocycles. The van der Waals surface area contributed by atoms with E-state index in [0.717, 1.165) is 12.1 Å². The van der Waals surface area contributed by atoms with Crippen LogP contribution < -0.4 is 5.32 Å². The molecule has 1 rings (SSSR count). The maximum atomic E-state index is 13.2. The molecule has 0 amide bonds. The van der Waals surface area contributed by atoms with Gasteiger partial charge in [0.1, 0.15) is 11.9 Å². The molecule has 1 N–H and O–H groups in total. The van der Waals surface area contributed by atoms with Gasteiger partial charge in [0.25, 0.3) is 0 Å². The number of nitriles is 1. The van der Waals surface area contributed by atoms with Gasteiger partial charge >= 0.3 is 0 Å². The maximum absolute atomic E-state index is 13.2. The Bertz CT molecular complexity index is 355. The van der Waals surface area contributed by atoms with Crippen LogP contribution in [-0.2, 0) is 0 Å². The van der Waals surface area contributed by atoms with Crippen LogP contribution in [0.3, 0.4) is 0 Å². The second-order valence-electron chi connectivity index (χ2n) is 3.13. The fourth-order valence-corrected chi connectivity index (χ4v) is 1.32. The van der Waals surface area contributed by atoms with E-state index in [-0.39, 0.29) is 11.6 Å². The highest BCUT2D eigenvalue weighted by Crippen LogP contribution is 2.15. The molecule has 1 unspecified atom stereocenters. The molecule has 0 saturated carbocycles. The monoisotopic (exact) mass is 192 g/mol. The number of hydrogen-bond acceptors (Lipinski definition) is 2. The van der Waals surface area contributed by atoms with Gasteiger partial charge < -0.3 is 5.32 Å². The molecule has 14 heavy (non-hydrogen) atoms. The van der Waals surface area contributed by atoms with Crippen molar-refractivity contribution in [3.05, 3.63) is 35.1 Å². The Hall–Kier alpha value is -1.40. The summed E-state index contributed by atoms with van der Waals surface area (Å²) in [4.78, 5) is 0. The van der Waals surface area contributed by atoms with Gasteiger partial charge in [-0.15, -0.1) is 0 Å². The molecule has 1 aromatic rings. The van der Waals surface area contributed by atoms with Crippen LogP contribution >= 0.6 is 0 Å². The Kier molecular flexibility index (Phi) is 3.61. The number of rotatable bonds is 3. The molecule has 0 spiro atoms. The highest BCUT2D eigenvalue weighted by atomic mass is 19.1. The van der Waals surface area contributed by atoms with E-state index in [1.807, 2.05) is 13.8 Å². The third-order valence-electron chi connectivity index (χ3n) is 2.12. The van der Waals surface area contributed by atoms with Crippen molar-refractivity contribution in [3.63, 3.8) is 0 Å². The van der Waals surface area contributed by atoms with Crippen molar-refractivity contribution in [3.8, 4) is 6.07 Å². The molecule has 3 heteroatoms. The summed E-state index contributed by atoms with van der Waals surface area (Å²) in [6.45, 7) is 4.80. The summed E-state index contributed by atoms with van der Waals surface area (Å²) in [7, 11) is 0. The van der Waals surface area contributed by atoms with Crippen LogP contribution in [0.25, 0.3) is 0 Å². The number of hydrogen-bond donors (Lipinski definition) is 1. The van der Waals surface area contributed by atoms with E-state index in [9.17, 15) is 4.39 Å². The van der Waals surface area contributed by atoms with Crippen molar-refractivity contribution in [2.75, 3.05) is 6.54 Å². The zero-order valence-electron chi connectivity index (χ0n) is 8.34. The standard InChI is InChI=1S/C11H13FN2/c1-3-14-8(2)9-4-5-10(7-13)11(12)6-9/h4-6,8,14H,3H2,1-2H3. The van der Waals surface area contributed by atoms with Crippen LogP contribution in [0.2, 0.25) is 0 Å². The minimum absolute atomic E-state index is 0.0949. The third-order valence-corrected chi connectivity index (χ3v) is 2.12. The summed E-state index contributed by atoms with van der Waals surface area (Å²) in [6.07, 6.45) is 0. The van der Waals surface area contributed by atoms with Gasteiger partial charge in [-0.05, 0) is 31.2 Å². The third kappa shape index (κ3) is 2.30. The van der Waals surface area contributed by atoms with Crippen LogP contribution in [-0.4, -0.2) is 6.54 Å². The Labute approximate surface area is 83.4 Å². The molecule has 0 saturated heterocycles. The zero-order valence-corrected chi connectivity index (χ0v) is 8.34. The predicted molar refractivity (Wildman–Crippen MR) is 53.2 cm³/mol. The van der Waals surface area contributed by atoms with Gasteiger partial charge in [-0.25, -0.2) is 4.39 Å². The van der Waals surface area contributed by atoms with E-state index in [1.165, 1.54) is 12.1 Å². The van der Waals surface area contributed by atoms with Crippen molar-refractivity contribution < 1.29 is 4.39 Å². The Morgan fingerprint density at radius 3 is 2.79 bits per heavy atom. The van der Waals surface area contributed by atoms with Gasteiger partial charge in [-0.2, -0.15) is 5.26 Å². The molecule has 2 nitrogen and oxygen atoms in total. The minimum atomic E-state index is -0.449. The molecule has 0 aliphatic heterocycles. The lowest BCUT2D eigenvalue weighted by atomic mass is 10.1. The van der Waals surface area contributed by atoms with Crippen LogP contribution in [0.5, 0.6) is 0 Å². The molecular formula is C11H13FN2. The molecule has 0 aliphatic carbocycles. The van der Waals surface area contributed by atoms with Crippen molar-refractivity contribution in [1.82, 2.24) is 5.32 Å². The molecule has 0 fully saturated rings. The highest BCUT2D eigenvalue weighted by Gasteiger charge is 2.07. The number of nitrogens with zero attached hydrogens (tertiary/aromatic N) is 1. The van der Waals surface area contributed by atoms with E-state index >= 15 is 0 Å². The summed E-state index contributed by atoms with van der Waals surface area (Å²) in [5, 5.41) is 11.7. The van der Waals surface area contributed by atoms with E-state index in [2.05, 4.69) is 5.32 Å². The summed E-state index contributed by atoms with van der Waals surface area (Å²) < 4.78 is 13.2. The molecule has 74 valence electrons. The van der Waals surface area contributed by atoms with Crippen LogP contribution in [0.4, 0.5) is 4.39 Å². The zero-order chi connectivity index (χ0) is 10.6. The Morgan fingerprint density at radius 2 is 2.29 bits per heavy atom. The van der Waals surface area contributed by atoms with E-state index in [4.69, 9.17) is 5.26 Å². The average molecular weight is 192 g/mol. The van der Waals surface area contributed by atoms with Gasteiger partial charge in [0.2, 0.25) is 0 Å². The lowest BCUT2D eigenvalue weighted by molar-refractivity contribution is 0.582. The number of halogens is 1. The fraction of sp³-hybridized carbons (Fsp3) is 0.364. The van der Waals surface area contributed by atoms with Gasteiger partial charge in [-0.3, -0.25) is 0 Å². The molecule has 0 aliphatic rings. The quantitative estimate of drug-likeness (QED) is 0.798. The lowest BCUT2D eigenvalue weighted by Crippen LogP contribution is -2.17. The topological polar surface area (TPSA) is 35.8 Å². The van der Waals surface area contributed by atoms with Gasteiger partial charge in [0.15, 0.2) is 0 Å². The van der Waals surface area contributed by atoms with E-state index < -0.39 is 5.82 Å². The van der Waals surface area contributed by atoms with Crippen LogP contribution in [0, 0.1) is 17.1 Å². The first-order chi connectivity index (χ1) is 6.69. The van der Waals surface area contributed by atoms with E-state index in [1.54, 1.807) is 12.1 Å². The van der Waals surface area contributed by atoms with Crippen molar-refractivity contribution >= 4 is 0 Å². The Balaban J connectivity index is 2.92.